The smallest absolute Gasteiger partial charge is 0.136 e. The van der Waals surface area contributed by atoms with Crippen LogP contribution in [0.25, 0.3) is 0 Å². The number of rotatable bonds is 4. The lowest BCUT2D eigenvalue weighted by molar-refractivity contribution is 0.190. The summed E-state index contributed by atoms with van der Waals surface area (Å²) in [6.07, 6.45) is -0.722. The Morgan fingerprint density at radius 2 is 1.85 bits per heavy atom. The van der Waals surface area contributed by atoms with Gasteiger partial charge < -0.3 is 14.6 Å². The van der Waals surface area contributed by atoms with Gasteiger partial charge in [-0.05, 0) is 37.3 Å². The molecule has 1 N–H and O–H groups in total. The highest BCUT2D eigenvalue weighted by atomic mass is 16.5. The molecule has 0 unspecified atom stereocenters. The zero-order valence-corrected chi connectivity index (χ0v) is 11.3. The lowest BCUT2D eigenvalue weighted by Gasteiger charge is -2.16. The van der Waals surface area contributed by atoms with E-state index < -0.39 is 6.10 Å². The van der Waals surface area contributed by atoms with Crippen molar-refractivity contribution >= 4 is 0 Å². The molecule has 4 nitrogen and oxygen atoms in total. The first-order chi connectivity index (χ1) is 9.65. The van der Waals surface area contributed by atoms with Gasteiger partial charge in [0.1, 0.15) is 17.2 Å². The van der Waals surface area contributed by atoms with Gasteiger partial charge in [-0.25, -0.2) is 0 Å². The number of hydrogen-bond donors (Lipinski definition) is 1. The topological polar surface area (TPSA) is 62.5 Å². The van der Waals surface area contributed by atoms with Crippen molar-refractivity contribution in [1.29, 1.82) is 5.26 Å². The summed E-state index contributed by atoms with van der Waals surface area (Å²) in [6, 6.07) is 14.2. The van der Waals surface area contributed by atoms with Crippen molar-refractivity contribution in [2.75, 3.05) is 7.11 Å². The predicted octanol–water partition coefficient (Wildman–Crippen LogP) is 3.41. The van der Waals surface area contributed by atoms with Crippen LogP contribution >= 0.6 is 0 Å². The number of benzene rings is 2. The monoisotopic (exact) mass is 269 g/mol. The van der Waals surface area contributed by atoms with Crippen molar-refractivity contribution in [3.05, 3.63) is 53.6 Å². The third kappa shape index (κ3) is 2.90. The normalized spacial score (nSPS) is 11.5. The Labute approximate surface area is 117 Å². The molecule has 0 aliphatic carbocycles. The van der Waals surface area contributed by atoms with Gasteiger partial charge in [0.25, 0.3) is 0 Å². The lowest BCUT2D eigenvalue weighted by atomic mass is 10.1. The van der Waals surface area contributed by atoms with E-state index in [0.717, 1.165) is 0 Å². The van der Waals surface area contributed by atoms with E-state index in [-0.39, 0.29) is 0 Å². The summed E-state index contributed by atoms with van der Waals surface area (Å²) in [7, 11) is 1.54. The zero-order valence-electron chi connectivity index (χ0n) is 11.3. The van der Waals surface area contributed by atoms with Crippen LogP contribution < -0.4 is 9.47 Å². The lowest BCUT2D eigenvalue weighted by Crippen LogP contribution is -2.00. The molecule has 0 fully saturated rings. The maximum Gasteiger partial charge on any atom is 0.136 e. The second-order valence-electron chi connectivity index (χ2n) is 4.29. The van der Waals surface area contributed by atoms with Crippen LogP contribution in [-0.2, 0) is 0 Å². The summed E-state index contributed by atoms with van der Waals surface area (Å²) in [6.45, 7) is 1.65. The Kier molecular flexibility index (Phi) is 4.24. The van der Waals surface area contributed by atoms with E-state index in [1.54, 1.807) is 56.5 Å². The van der Waals surface area contributed by atoms with E-state index in [1.807, 2.05) is 0 Å². The number of nitriles is 1. The molecule has 0 amide bonds. The third-order valence-electron chi connectivity index (χ3n) is 2.85. The predicted molar refractivity (Wildman–Crippen MR) is 74.9 cm³/mol. The quantitative estimate of drug-likeness (QED) is 0.923. The van der Waals surface area contributed by atoms with Gasteiger partial charge in [-0.2, -0.15) is 5.26 Å². The molecule has 0 radical (unpaired) electrons. The molecule has 102 valence electrons. The van der Waals surface area contributed by atoms with Crippen LogP contribution in [0, 0.1) is 11.3 Å². The Morgan fingerprint density at radius 1 is 1.15 bits per heavy atom. The fourth-order valence-electron chi connectivity index (χ4n) is 1.96. The van der Waals surface area contributed by atoms with E-state index in [1.165, 1.54) is 0 Å². The molecular formula is C16H15NO3. The molecule has 2 aromatic rings. The summed E-state index contributed by atoms with van der Waals surface area (Å²) >= 11 is 0. The highest BCUT2D eigenvalue weighted by molar-refractivity contribution is 5.48. The van der Waals surface area contributed by atoms with Crippen LogP contribution in [-0.4, -0.2) is 12.2 Å². The molecular weight excluding hydrogens is 254 g/mol. The Morgan fingerprint density at radius 3 is 2.50 bits per heavy atom. The van der Waals surface area contributed by atoms with Gasteiger partial charge in [0.05, 0.1) is 30.4 Å². The fraction of sp³-hybridized carbons (Fsp3) is 0.188. The van der Waals surface area contributed by atoms with Crippen molar-refractivity contribution in [3.63, 3.8) is 0 Å². The second kappa shape index (κ2) is 6.09. The van der Waals surface area contributed by atoms with Gasteiger partial charge in [-0.1, -0.05) is 12.1 Å². The molecule has 0 aliphatic heterocycles. The van der Waals surface area contributed by atoms with Crippen LogP contribution in [0.5, 0.6) is 17.2 Å². The minimum atomic E-state index is -0.722. The van der Waals surface area contributed by atoms with Gasteiger partial charge in [0.15, 0.2) is 0 Å². The third-order valence-corrected chi connectivity index (χ3v) is 2.85. The molecule has 4 heteroatoms. The molecule has 1 atom stereocenters. The molecule has 2 aromatic carbocycles. The van der Waals surface area contributed by atoms with Gasteiger partial charge >= 0.3 is 0 Å². The van der Waals surface area contributed by atoms with Crippen LogP contribution in [0.15, 0.2) is 42.5 Å². The molecule has 0 aromatic heterocycles. The van der Waals surface area contributed by atoms with E-state index >= 15 is 0 Å². The standard InChI is InChI=1S/C16H15NO3/c1-11(18)16-14(19-2)7-4-8-15(16)20-13-6-3-5-12(9-13)10-17/h3-9,11,18H,1-2H3/t11-/m1/s1. The zero-order chi connectivity index (χ0) is 14.5. The van der Waals surface area contributed by atoms with Gasteiger partial charge in [-0.3, -0.25) is 0 Å². The number of hydrogen-bond acceptors (Lipinski definition) is 4. The molecule has 0 bridgehead atoms. The first kappa shape index (κ1) is 13.9. The van der Waals surface area contributed by atoms with E-state index in [0.29, 0.717) is 28.4 Å². The highest BCUT2D eigenvalue weighted by Gasteiger charge is 2.15. The summed E-state index contributed by atoms with van der Waals surface area (Å²) in [5, 5.41) is 18.8. The minimum absolute atomic E-state index is 0.509. The van der Waals surface area contributed by atoms with Crippen molar-refractivity contribution in [2.24, 2.45) is 0 Å². The van der Waals surface area contributed by atoms with Crippen LogP contribution in [0.1, 0.15) is 24.2 Å². The summed E-state index contributed by atoms with van der Waals surface area (Å²) < 4.78 is 11.0. The highest BCUT2D eigenvalue weighted by Crippen LogP contribution is 2.36. The van der Waals surface area contributed by atoms with Crippen LogP contribution in [0.2, 0.25) is 0 Å². The molecule has 0 spiro atoms. The van der Waals surface area contributed by atoms with Crippen molar-refractivity contribution < 1.29 is 14.6 Å². The van der Waals surface area contributed by atoms with Gasteiger partial charge in [-0.15, -0.1) is 0 Å². The second-order valence-corrected chi connectivity index (χ2v) is 4.29. The first-order valence-corrected chi connectivity index (χ1v) is 6.18. The molecule has 20 heavy (non-hydrogen) atoms. The largest absolute Gasteiger partial charge is 0.496 e. The molecule has 0 saturated heterocycles. The average Bonchev–Trinajstić information content (AvgIpc) is 2.46. The fourth-order valence-corrected chi connectivity index (χ4v) is 1.96. The van der Waals surface area contributed by atoms with Crippen LogP contribution in [0.4, 0.5) is 0 Å². The first-order valence-electron chi connectivity index (χ1n) is 6.18. The number of methoxy groups -OCH3 is 1. The van der Waals surface area contributed by atoms with E-state index in [4.69, 9.17) is 14.7 Å². The SMILES string of the molecule is COc1cccc(Oc2cccc(C#N)c2)c1[C@@H](C)O. The van der Waals surface area contributed by atoms with E-state index in [2.05, 4.69) is 6.07 Å². The maximum absolute atomic E-state index is 9.88. The van der Waals surface area contributed by atoms with Crippen molar-refractivity contribution in [3.8, 4) is 23.3 Å². The maximum atomic E-state index is 9.88. The van der Waals surface area contributed by atoms with Crippen LogP contribution in [0.3, 0.4) is 0 Å². The minimum Gasteiger partial charge on any atom is -0.496 e. The number of aliphatic hydroxyl groups excluding tert-OH is 1. The summed E-state index contributed by atoms with van der Waals surface area (Å²) in [4.78, 5) is 0. The van der Waals surface area contributed by atoms with Gasteiger partial charge in [0, 0.05) is 0 Å². The number of nitrogens with zero attached hydrogens (tertiary/aromatic N) is 1. The molecule has 2 rings (SSSR count). The van der Waals surface area contributed by atoms with Gasteiger partial charge in [0.2, 0.25) is 0 Å². The van der Waals surface area contributed by atoms with Crippen molar-refractivity contribution in [2.45, 2.75) is 13.0 Å². The molecule has 0 aliphatic rings. The number of aliphatic hydroxyl groups is 1. The molecule has 0 heterocycles. The molecule has 0 saturated carbocycles. The summed E-state index contributed by atoms with van der Waals surface area (Å²) in [5.74, 6) is 1.61. The summed E-state index contributed by atoms with van der Waals surface area (Å²) in [5.41, 5.74) is 1.10. The Balaban J connectivity index is 2.40. The number of ether oxygens (including phenoxy) is 2. The Bertz CT molecular complexity index is 644. The van der Waals surface area contributed by atoms with Crippen molar-refractivity contribution in [1.82, 2.24) is 0 Å². The Hall–Kier alpha value is -2.51. The average molecular weight is 269 g/mol. The van der Waals surface area contributed by atoms with E-state index in [9.17, 15) is 5.11 Å².